The minimum atomic E-state index is 0.299. The second-order valence-electron chi connectivity index (χ2n) is 6.84. The van der Waals surface area contributed by atoms with Crippen LogP contribution in [0.15, 0.2) is 4.99 Å². The smallest absolute Gasteiger partial charge is 0.193 e. The first-order valence-corrected chi connectivity index (χ1v) is 8.24. The SMILES string of the molecule is CN=C(NCC1(N(C)C)CCCC1)N(C)CC1CCOC1. The van der Waals surface area contributed by atoms with Gasteiger partial charge >= 0.3 is 0 Å². The Hall–Kier alpha value is -0.810. The number of hydrogen-bond donors (Lipinski definition) is 1. The summed E-state index contributed by atoms with van der Waals surface area (Å²) in [7, 11) is 8.41. The molecule has 1 unspecified atom stereocenters. The van der Waals surface area contributed by atoms with Gasteiger partial charge in [0.25, 0.3) is 0 Å². The van der Waals surface area contributed by atoms with E-state index >= 15 is 0 Å². The van der Waals surface area contributed by atoms with Crippen LogP contribution >= 0.6 is 0 Å². The van der Waals surface area contributed by atoms with E-state index in [4.69, 9.17) is 4.74 Å². The first-order chi connectivity index (χ1) is 10.1. The number of aliphatic imine (C=N–C) groups is 1. The van der Waals surface area contributed by atoms with Crippen molar-refractivity contribution in [2.24, 2.45) is 10.9 Å². The fraction of sp³-hybridized carbons (Fsp3) is 0.938. The minimum absolute atomic E-state index is 0.299. The second-order valence-corrected chi connectivity index (χ2v) is 6.84. The van der Waals surface area contributed by atoms with Crippen molar-refractivity contribution in [3.8, 4) is 0 Å². The van der Waals surface area contributed by atoms with Gasteiger partial charge in [0.15, 0.2) is 5.96 Å². The van der Waals surface area contributed by atoms with E-state index in [1.54, 1.807) is 0 Å². The van der Waals surface area contributed by atoms with Crippen LogP contribution < -0.4 is 5.32 Å². The Morgan fingerprint density at radius 1 is 1.29 bits per heavy atom. The molecule has 21 heavy (non-hydrogen) atoms. The molecule has 0 amide bonds. The van der Waals surface area contributed by atoms with Crippen LogP contribution in [-0.4, -0.2) is 75.8 Å². The molecule has 1 aliphatic heterocycles. The zero-order valence-corrected chi connectivity index (χ0v) is 14.2. The number of ether oxygens (including phenoxy) is 1. The predicted octanol–water partition coefficient (Wildman–Crippen LogP) is 1.40. The number of nitrogens with one attached hydrogen (secondary N) is 1. The van der Waals surface area contributed by atoms with E-state index in [1.165, 1.54) is 32.1 Å². The van der Waals surface area contributed by atoms with Crippen LogP contribution in [0.5, 0.6) is 0 Å². The molecule has 0 spiro atoms. The Balaban J connectivity index is 1.86. The van der Waals surface area contributed by atoms with E-state index < -0.39 is 0 Å². The molecule has 0 aromatic carbocycles. The van der Waals surface area contributed by atoms with Crippen LogP contribution in [0.4, 0.5) is 0 Å². The monoisotopic (exact) mass is 296 g/mol. The lowest BCUT2D eigenvalue weighted by Gasteiger charge is -2.37. The topological polar surface area (TPSA) is 40.1 Å². The number of guanidine groups is 1. The van der Waals surface area contributed by atoms with Gasteiger partial charge in [-0.05, 0) is 33.4 Å². The van der Waals surface area contributed by atoms with Crippen LogP contribution in [0.3, 0.4) is 0 Å². The highest BCUT2D eigenvalue weighted by molar-refractivity contribution is 5.79. The standard InChI is InChI=1S/C16H32N4O/c1-17-15(20(4)11-14-7-10-21-12-14)18-13-16(19(2)3)8-5-6-9-16/h14H,5-13H2,1-4H3,(H,17,18). The minimum Gasteiger partial charge on any atom is -0.381 e. The molecule has 1 saturated heterocycles. The van der Waals surface area contributed by atoms with Crippen molar-refractivity contribution in [3.05, 3.63) is 0 Å². The van der Waals surface area contributed by atoms with Crippen LogP contribution in [0.1, 0.15) is 32.1 Å². The van der Waals surface area contributed by atoms with Crippen LogP contribution in [0.25, 0.3) is 0 Å². The summed E-state index contributed by atoms with van der Waals surface area (Å²) in [5.41, 5.74) is 0.299. The maximum Gasteiger partial charge on any atom is 0.193 e. The largest absolute Gasteiger partial charge is 0.381 e. The van der Waals surface area contributed by atoms with Gasteiger partial charge in [0.05, 0.1) is 6.61 Å². The van der Waals surface area contributed by atoms with Gasteiger partial charge < -0.3 is 19.9 Å². The first-order valence-electron chi connectivity index (χ1n) is 8.24. The summed E-state index contributed by atoms with van der Waals surface area (Å²) < 4.78 is 5.47. The van der Waals surface area contributed by atoms with E-state index in [-0.39, 0.29) is 0 Å². The third-order valence-electron chi connectivity index (χ3n) is 5.19. The Morgan fingerprint density at radius 3 is 2.52 bits per heavy atom. The van der Waals surface area contributed by atoms with Crippen molar-refractivity contribution >= 4 is 5.96 Å². The summed E-state index contributed by atoms with van der Waals surface area (Å²) in [6.07, 6.45) is 6.42. The van der Waals surface area contributed by atoms with Crippen molar-refractivity contribution in [2.75, 3.05) is 54.5 Å². The summed E-state index contributed by atoms with van der Waals surface area (Å²) in [4.78, 5) is 9.10. The quantitative estimate of drug-likeness (QED) is 0.615. The van der Waals surface area contributed by atoms with E-state index in [2.05, 4.69) is 41.3 Å². The average Bonchev–Trinajstić information content (AvgIpc) is 3.11. The summed E-state index contributed by atoms with van der Waals surface area (Å²) >= 11 is 0. The van der Waals surface area contributed by atoms with Crippen molar-refractivity contribution < 1.29 is 4.74 Å². The molecule has 0 radical (unpaired) electrons. The second kappa shape index (κ2) is 7.45. The molecule has 2 aliphatic rings. The van der Waals surface area contributed by atoms with Gasteiger partial charge in [-0.3, -0.25) is 4.99 Å². The molecular formula is C16H32N4O. The van der Waals surface area contributed by atoms with Crippen molar-refractivity contribution in [2.45, 2.75) is 37.6 Å². The molecule has 5 nitrogen and oxygen atoms in total. The van der Waals surface area contributed by atoms with Crippen molar-refractivity contribution in [3.63, 3.8) is 0 Å². The van der Waals surface area contributed by atoms with Gasteiger partial charge in [-0.2, -0.15) is 0 Å². The molecule has 1 saturated carbocycles. The maximum absolute atomic E-state index is 5.47. The van der Waals surface area contributed by atoms with Gasteiger partial charge in [0.1, 0.15) is 0 Å². The fourth-order valence-corrected chi connectivity index (χ4v) is 3.64. The molecule has 0 aromatic rings. The lowest BCUT2D eigenvalue weighted by molar-refractivity contribution is 0.158. The zero-order chi connectivity index (χ0) is 15.3. The van der Waals surface area contributed by atoms with Gasteiger partial charge in [-0.25, -0.2) is 0 Å². The molecule has 1 N–H and O–H groups in total. The number of rotatable bonds is 5. The summed E-state index contributed by atoms with van der Waals surface area (Å²) in [5.74, 6) is 1.65. The Bertz CT molecular complexity index is 344. The molecular weight excluding hydrogens is 264 g/mol. The Morgan fingerprint density at radius 2 is 2.00 bits per heavy atom. The number of hydrogen-bond acceptors (Lipinski definition) is 3. The lowest BCUT2D eigenvalue weighted by Crippen LogP contribution is -2.53. The molecule has 1 heterocycles. The molecule has 5 heteroatoms. The third kappa shape index (κ3) is 4.10. The summed E-state index contributed by atoms with van der Waals surface area (Å²) in [5, 5.41) is 3.60. The highest BCUT2D eigenvalue weighted by Gasteiger charge is 2.36. The highest BCUT2D eigenvalue weighted by Crippen LogP contribution is 2.33. The average molecular weight is 296 g/mol. The molecule has 0 aromatic heterocycles. The zero-order valence-electron chi connectivity index (χ0n) is 14.2. The fourth-order valence-electron chi connectivity index (χ4n) is 3.64. The normalized spacial score (nSPS) is 25.6. The number of likely N-dealkylation sites (N-methyl/N-ethyl adjacent to an activating group) is 1. The molecule has 0 bridgehead atoms. The van der Waals surface area contributed by atoms with Crippen molar-refractivity contribution in [1.29, 1.82) is 0 Å². The third-order valence-corrected chi connectivity index (χ3v) is 5.19. The Kier molecular flexibility index (Phi) is 5.88. The van der Waals surface area contributed by atoms with Gasteiger partial charge in [-0.15, -0.1) is 0 Å². The molecule has 1 aliphatic carbocycles. The van der Waals surface area contributed by atoms with Crippen LogP contribution in [0.2, 0.25) is 0 Å². The summed E-state index contributed by atoms with van der Waals surface area (Å²) in [6, 6.07) is 0. The van der Waals surface area contributed by atoms with E-state index in [0.29, 0.717) is 11.5 Å². The van der Waals surface area contributed by atoms with Gasteiger partial charge in [0.2, 0.25) is 0 Å². The van der Waals surface area contributed by atoms with Crippen LogP contribution in [-0.2, 0) is 4.74 Å². The predicted molar refractivity (Wildman–Crippen MR) is 87.8 cm³/mol. The first kappa shape index (κ1) is 16.6. The molecule has 1 atom stereocenters. The van der Waals surface area contributed by atoms with Crippen molar-refractivity contribution in [1.82, 2.24) is 15.1 Å². The number of nitrogens with zero attached hydrogens (tertiary/aromatic N) is 3. The molecule has 2 rings (SSSR count). The Labute approximate surface area is 129 Å². The molecule has 122 valence electrons. The highest BCUT2D eigenvalue weighted by atomic mass is 16.5. The lowest BCUT2D eigenvalue weighted by atomic mass is 9.96. The van der Waals surface area contributed by atoms with Crippen LogP contribution in [0, 0.1) is 5.92 Å². The summed E-state index contributed by atoms with van der Waals surface area (Å²) in [6.45, 7) is 3.81. The van der Waals surface area contributed by atoms with E-state index in [1.807, 2.05) is 7.05 Å². The molecule has 2 fully saturated rings. The van der Waals surface area contributed by atoms with Gasteiger partial charge in [-0.1, -0.05) is 12.8 Å². The van der Waals surface area contributed by atoms with Gasteiger partial charge in [0, 0.05) is 45.2 Å². The van der Waals surface area contributed by atoms with E-state index in [9.17, 15) is 0 Å². The van der Waals surface area contributed by atoms with E-state index in [0.717, 1.165) is 32.3 Å². The maximum atomic E-state index is 5.47.